The van der Waals surface area contributed by atoms with E-state index in [-0.39, 0.29) is 6.10 Å². The first kappa shape index (κ1) is 18.7. The Kier molecular flexibility index (Phi) is 6.63. The van der Waals surface area contributed by atoms with Crippen molar-refractivity contribution < 1.29 is 14.2 Å². The van der Waals surface area contributed by atoms with Gasteiger partial charge in [0.25, 0.3) is 0 Å². The van der Waals surface area contributed by atoms with Gasteiger partial charge in [-0.05, 0) is 49.7 Å². The van der Waals surface area contributed by atoms with Crippen LogP contribution in [0.5, 0.6) is 17.2 Å². The average molecular weight is 415 g/mol. The maximum Gasteiger partial charge on any atom is 0.162 e. The topological polar surface area (TPSA) is 39.7 Å². The van der Waals surface area contributed by atoms with Crippen LogP contribution in [0.1, 0.15) is 19.4 Å². The van der Waals surface area contributed by atoms with Crippen LogP contribution in [-0.2, 0) is 6.54 Å². The van der Waals surface area contributed by atoms with Crippen molar-refractivity contribution >= 4 is 33.2 Å². The number of hydrogen-bond acceptors (Lipinski definition) is 4. The molecule has 0 heterocycles. The number of rotatable bonds is 7. The number of nitrogens with one attached hydrogen (secondary N) is 1. The van der Waals surface area contributed by atoms with Crippen molar-refractivity contribution in [3.63, 3.8) is 0 Å². The molecule has 0 aliphatic heterocycles. The lowest BCUT2D eigenvalue weighted by molar-refractivity contribution is 0.230. The molecule has 130 valence electrons. The third-order valence-corrected chi connectivity index (χ3v) is 4.36. The lowest BCUT2D eigenvalue weighted by atomic mass is 10.2. The molecule has 0 atom stereocenters. The smallest absolute Gasteiger partial charge is 0.162 e. The number of ether oxygens (including phenoxy) is 3. The van der Waals surface area contributed by atoms with Crippen LogP contribution in [0.15, 0.2) is 34.8 Å². The van der Waals surface area contributed by atoms with E-state index in [1.54, 1.807) is 14.2 Å². The quantitative estimate of drug-likeness (QED) is 0.647. The Morgan fingerprint density at radius 1 is 1.04 bits per heavy atom. The molecule has 0 radical (unpaired) electrons. The first-order valence-electron chi connectivity index (χ1n) is 7.55. The fraction of sp³-hybridized carbons (Fsp3) is 0.333. The molecule has 0 aromatic heterocycles. The van der Waals surface area contributed by atoms with Gasteiger partial charge in [0.05, 0.1) is 25.3 Å². The maximum absolute atomic E-state index is 6.15. The van der Waals surface area contributed by atoms with Crippen molar-refractivity contribution in [1.29, 1.82) is 0 Å². The van der Waals surface area contributed by atoms with E-state index in [2.05, 4.69) is 21.2 Å². The monoisotopic (exact) mass is 413 g/mol. The third kappa shape index (κ3) is 4.71. The summed E-state index contributed by atoms with van der Waals surface area (Å²) in [5.74, 6) is 2.08. The summed E-state index contributed by atoms with van der Waals surface area (Å²) >= 11 is 9.74. The SMILES string of the molecule is COc1ccc(NCc2cc(OC)c(OC(C)C)cc2Br)cc1Cl. The highest BCUT2D eigenvalue weighted by atomic mass is 79.9. The molecular weight excluding hydrogens is 394 g/mol. The molecule has 0 unspecified atom stereocenters. The van der Waals surface area contributed by atoms with Crippen molar-refractivity contribution in [3.8, 4) is 17.2 Å². The standard InChI is InChI=1S/C18H21BrClNO3/c1-11(2)24-18-9-14(19)12(7-17(18)23-4)10-21-13-5-6-16(22-3)15(20)8-13/h5-9,11,21H,10H2,1-4H3. The highest BCUT2D eigenvalue weighted by Crippen LogP contribution is 2.35. The van der Waals surface area contributed by atoms with Crippen molar-refractivity contribution in [2.45, 2.75) is 26.5 Å². The van der Waals surface area contributed by atoms with E-state index in [1.807, 2.05) is 44.2 Å². The largest absolute Gasteiger partial charge is 0.495 e. The average Bonchev–Trinajstić information content (AvgIpc) is 2.53. The van der Waals surface area contributed by atoms with Gasteiger partial charge in [-0.25, -0.2) is 0 Å². The van der Waals surface area contributed by atoms with Gasteiger partial charge in [-0.15, -0.1) is 0 Å². The van der Waals surface area contributed by atoms with Gasteiger partial charge in [0.2, 0.25) is 0 Å². The summed E-state index contributed by atoms with van der Waals surface area (Å²) in [5.41, 5.74) is 1.96. The zero-order valence-electron chi connectivity index (χ0n) is 14.2. The predicted octanol–water partition coefficient (Wildman–Crippen LogP) is 5.52. The van der Waals surface area contributed by atoms with E-state index in [4.69, 9.17) is 25.8 Å². The molecule has 6 heteroatoms. The number of halogens is 2. The first-order valence-corrected chi connectivity index (χ1v) is 8.72. The summed E-state index contributed by atoms with van der Waals surface area (Å²) in [5, 5.41) is 3.91. The van der Waals surface area contributed by atoms with Crippen molar-refractivity contribution in [1.82, 2.24) is 0 Å². The van der Waals surface area contributed by atoms with E-state index < -0.39 is 0 Å². The molecule has 0 bridgehead atoms. The molecule has 0 aliphatic carbocycles. The van der Waals surface area contributed by atoms with Gasteiger partial charge in [-0.1, -0.05) is 27.5 Å². The predicted molar refractivity (Wildman–Crippen MR) is 102 cm³/mol. The first-order chi connectivity index (χ1) is 11.4. The van der Waals surface area contributed by atoms with Crippen LogP contribution in [0.2, 0.25) is 5.02 Å². The Balaban J connectivity index is 2.16. The second-order valence-corrected chi connectivity index (χ2v) is 6.73. The fourth-order valence-electron chi connectivity index (χ4n) is 2.19. The molecule has 2 aromatic rings. The van der Waals surface area contributed by atoms with Gasteiger partial charge < -0.3 is 19.5 Å². The number of benzene rings is 2. The fourth-order valence-corrected chi connectivity index (χ4v) is 2.91. The van der Waals surface area contributed by atoms with E-state index in [0.29, 0.717) is 23.1 Å². The lowest BCUT2D eigenvalue weighted by Crippen LogP contribution is -2.08. The van der Waals surface area contributed by atoms with Crippen LogP contribution in [0.25, 0.3) is 0 Å². The Hall–Kier alpha value is -1.59. The third-order valence-electron chi connectivity index (χ3n) is 3.33. The van der Waals surface area contributed by atoms with Crippen molar-refractivity contribution in [3.05, 3.63) is 45.4 Å². The molecule has 2 rings (SSSR count). The summed E-state index contributed by atoms with van der Waals surface area (Å²) in [4.78, 5) is 0. The minimum atomic E-state index is 0.0798. The highest BCUT2D eigenvalue weighted by Gasteiger charge is 2.12. The molecule has 24 heavy (non-hydrogen) atoms. The maximum atomic E-state index is 6.15. The zero-order chi connectivity index (χ0) is 17.7. The van der Waals surface area contributed by atoms with Crippen LogP contribution >= 0.6 is 27.5 Å². The normalized spacial score (nSPS) is 10.6. The van der Waals surface area contributed by atoms with Crippen LogP contribution in [-0.4, -0.2) is 20.3 Å². The van der Waals surface area contributed by atoms with E-state index in [0.717, 1.165) is 21.5 Å². The van der Waals surface area contributed by atoms with Crippen LogP contribution in [0.4, 0.5) is 5.69 Å². The van der Waals surface area contributed by atoms with Crippen molar-refractivity contribution in [2.24, 2.45) is 0 Å². The Morgan fingerprint density at radius 2 is 1.75 bits per heavy atom. The second kappa shape index (κ2) is 8.49. The molecule has 2 aromatic carbocycles. The molecular formula is C18H21BrClNO3. The van der Waals surface area contributed by atoms with Crippen LogP contribution < -0.4 is 19.5 Å². The molecule has 0 saturated carbocycles. The Bertz CT molecular complexity index is 707. The highest BCUT2D eigenvalue weighted by molar-refractivity contribution is 9.10. The minimum Gasteiger partial charge on any atom is -0.495 e. The van der Waals surface area contributed by atoms with E-state index in [9.17, 15) is 0 Å². The molecule has 4 nitrogen and oxygen atoms in total. The number of anilines is 1. The van der Waals surface area contributed by atoms with Gasteiger partial charge in [-0.2, -0.15) is 0 Å². The van der Waals surface area contributed by atoms with Crippen molar-refractivity contribution in [2.75, 3.05) is 19.5 Å². The van der Waals surface area contributed by atoms with Gasteiger partial charge in [0, 0.05) is 16.7 Å². The minimum absolute atomic E-state index is 0.0798. The number of methoxy groups -OCH3 is 2. The van der Waals surface area contributed by atoms with Gasteiger partial charge in [-0.3, -0.25) is 0 Å². The molecule has 0 aliphatic rings. The molecule has 0 spiro atoms. The molecule has 0 saturated heterocycles. The summed E-state index contributed by atoms with van der Waals surface area (Å²) in [6.07, 6.45) is 0.0798. The van der Waals surface area contributed by atoms with Crippen LogP contribution in [0, 0.1) is 0 Å². The van der Waals surface area contributed by atoms with Crippen LogP contribution in [0.3, 0.4) is 0 Å². The summed E-state index contributed by atoms with van der Waals surface area (Å²) in [6, 6.07) is 9.48. The van der Waals surface area contributed by atoms with E-state index >= 15 is 0 Å². The molecule has 1 N–H and O–H groups in total. The lowest BCUT2D eigenvalue weighted by Gasteiger charge is -2.16. The van der Waals surface area contributed by atoms with E-state index in [1.165, 1.54) is 0 Å². The Labute approximate surface area is 156 Å². The Morgan fingerprint density at radius 3 is 2.33 bits per heavy atom. The molecule has 0 fully saturated rings. The number of hydrogen-bond donors (Lipinski definition) is 1. The van der Waals surface area contributed by atoms with Gasteiger partial charge >= 0.3 is 0 Å². The summed E-state index contributed by atoms with van der Waals surface area (Å²) in [6.45, 7) is 4.58. The summed E-state index contributed by atoms with van der Waals surface area (Å²) < 4.78 is 17.3. The van der Waals surface area contributed by atoms with Gasteiger partial charge in [0.15, 0.2) is 11.5 Å². The molecule has 0 amide bonds. The zero-order valence-corrected chi connectivity index (χ0v) is 16.5. The van der Waals surface area contributed by atoms with Gasteiger partial charge in [0.1, 0.15) is 5.75 Å². The summed E-state index contributed by atoms with van der Waals surface area (Å²) in [7, 11) is 3.23. The second-order valence-electron chi connectivity index (χ2n) is 5.46.